The lowest BCUT2D eigenvalue weighted by molar-refractivity contribution is 1.13. The van der Waals surface area contributed by atoms with Crippen LogP contribution in [0.5, 0.6) is 0 Å². The van der Waals surface area contributed by atoms with Crippen molar-refractivity contribution < 1.29 is 0 Å². The van der Waals surface area contributed by atoms with Crippen molar-refractivity contribution in [2.75, 3.05) is 11.1 Å². The molecule has 6 heteroatoms. The summed E-state index contributed by atoms with van der Waals surface area (Å²) in [6.07, 6.45) is 0. The third kappa shape index (κ3) is 2.83. The van der Waals surface area contributed by atoms with E-state index >= 15 is 0 Å². The number of aryl methyl sites for hydroxylation is 1. The summed E-state index contributed by atoms with van der Waals surface area (Å²) in [4.78, 5) is 5.36. The molecule has 0 aliphatic heterocycles. The van der Waals surface area contributed by atoms with Crippen LogP contribution in [0.25, 0.3) is 0 Å². The highest BCUT2D eigenvalue weighted by molar-refractivity contribution is 7.10. The average Bonchev–Trinajstić information content (AvgIpc) is 2.68. The first-order chi connectivity index (χ1) is 8.08. The van der Waals surface area contributed by atoms with Crippen LogP contribution in [0.1, 0.15) is 10.4 Å². The fourth-order valence-electron chi connectivity index (χ4n) is 1.35. The lowest BCUT2D eigenvalue weighted by atomic mass is 10.3. The second-order valence-corrected chi connectivity index (χ2v) is 5.38. The zero-order chi connectivity index (χ0) is 12.4. The summed E-state index contributed by atoms with van der Waals surface area (Å²) in [7, 11) is 0. The topological polar surface area (TPSA) is 50.9 Å². The number of aromatic nitrogens is 1. The molecule has 0 amide bonds. The number of nitrogens with zero attached hydrogens (tertiary/aromatic N) is 1. The summed E-state index contributed by atoms with van der Waals surface area (Å²) in [5, 5.41) is 6.05. The van der Waals surface area contributed by atoms with Gasteiger partial charge in [-0.15, -0.1) is 11.3 Å². The van der Waals surface area contributed by atoms with Crippen LogP contribution in [0.15, 0.2) is 17.5 Å². The van der Waals surface area contributed by atoms with Crippen LogP contribution in [0.4, 0.5) is 11.6 Å². The van der Waals surface area contributed by atoms with Gasteiger partial charge in [0.05, 0.1) is 16.6 Å². The molecule has 0 aliphatic rings. The van der Waals surface area contributed by atoms with E-state index in [-0.39, 0.29) is 5.82 Å². The standard InChI is InChI=1S/C11H11Cl2N3S/c1-6-2-3-17-9(6)5-15-11-8(13)4-7(12)10(14)16-11/h2-4H,5H2,1H3,(H3,14,15,16). The number of nitrogens with two attached hydrogens (primary N) is 1. The molecule has 0 bridgehead atoms. The van der Waals surface area contributed by atoms with Crippen LogP contribution < -0.4 is 11.1 Å². The Morgan fingerprint density at radius 2 is 2.18 bits per heavy atom. The summed E-state index contributed by atoms with van der Waals surface area (Å²) in [6, 6.07) is 3.67. The minimum atomic E-state index is 0.279. The van der Waals surface area contributed by atoms with Crippen LogP contribution >= 0.6 is 34.5 Å². The zero-order valence-corrected chi connectivity index (χ0v) is 11.5. The van der Waals surface area contributed by atoms with Gasteiger partial charge in [0, 0.05) is 4.88 Å². The summed E-state index contributed by atoms with van der Waals surface area (Å²) in [6.45, 7) is 2.75. The van der Waals surface area contributed by atoms with Crippen LogP contribution in [0.3, 0.4) is 0 Å². The van der Waals surface area contributed by atoms with Gasteiger partial charge in [-0.25, -0.2) is 4.98 Å². The van der Waals surface area contributed by atoms with Crippen LogP contribution in [0, 0.1) is 6.92 Å². The van der Waals surface area contributed by atoms with E-state index < -0.39 is 0 Å². The van der Waals surface area contributed by atoms with Crippen molar-refractivity contribution in [3.05, 3.63) is 38.0 Å². The SMILES string of the molecule is Cc1ccsc1CNc1nc(N)c(Cl)cc1Cl. The molecule has 0 saturated carbocycles. The molecule has 0 unspecified atom stereocenters. The first-order valence-corrected chi connectivity index (χ1v) is 6.60. The first kappa shape index (κ1) is 12.5. The summed E-state index contributed by atoms with van der Waals surface area (Å²) in [5.74, 6) is 0.836. The average molecular weight is 288 g/mol. The van der Waals surface area contributed by atoms with E-state index in [1.54, 1.807) is 17.4 Å². The van der Waals surface area contributed by atoms with E-state index in [4.69, 9.17) is 28.9 Å². The number of pyridine rings is 1. The van der Waals surface area contributed by atoms with E-state index in [0.29, 0.717) is 22.4 Å². The maximum atomic E-state index is 6.02. The quantitative estimate of drug-likeness (QED) is 0.899. The van der Waals surface area contributed by atoms with Gasteiger partial charge in [0.25, 0.3) is 0 Å². The molecule has 0 fully saturated rings. The normalized spacial score (nSPS) is 10.5. The molecule has 2 rings (SSSR count). The molecule has 0 aliphatic carbocycles. The van der Waals surface area contributed by atoms with Crippen molar-refractivity contribution in [1.29, 1.82) is 0 Å². The number of nitrogen functional groups attached to an aromatic ring is 1. The highest BCUT2D eigenvalue weighted by Gasteiger charge is 2.07. The van der Waals surface area contributed by atoms with E-state index in [0.717, 1.165) is 0 Å². The van der Waals surface area contributed by atoms with Gasteiger partial charge in [-0.05, 0) is 30.0 Å². The van der Waals surface area contributed by atoms with Crippen LogP contribution in [-0.4, -0.2) is 4.98 Å². The Bertz CT molecular complexity index is 540. The van der Waals surface area contributed by atoms with Gasteiger partial charge in [-0.1, -0.05) is 23.2 Å². The Kier molecular flexibility index (Phi) is 3.76. The second-order valence-electron chi connectivity index (χ2n) is 3.57. The Morgan fingerprint density at radius 3 is 2.82 bits per heavy atom. The molecule has 0 saturated heterocycles. The Hall–Kier alpha value is -0.970. The molecule has 2 aromatic heterocycles. The molecule has 0 spiro atoms. The van der Waals surface area contributed by atoms with Gasteiger partial charge in [-0.3, -0.25) is 0 Å². The summed E-state index contributed by atoms with van der Waals surface area (Å²) >= 11 is 13.5. The number of rotatable bonds is 3. The Morgan fingerprint density at radius 1 is 1.41 bits per heavy atom. The van der Waals surface area contributed by atoms with Crippen LogP contribution in [0.2, 0.25) is 10.0 Å². The van der Waals surface area contributed by atoms with Crippen molar-refractivity contribution in [2.45, 2.75) is 13.5 Å². The fourth-order valence-corrected chi connectivity index (χ4v) is 2.63. The third-order valence-electron chi connectivity index (χ3n) is 2.34. The third-order valence-corrected chi connectivity index (χ3v) is 3.96. The van der Waals surface area contributed by atoms with E-state index in [9.17, 15) is 0 Å². The van der Waals surface area contributed by atoms with Gasteiger partial charge < -0.3 is 11.1 Å². The largest absolute Gasteiger partial charge is 0.382 e. The molecule has 2 aromatic rings. The van der Waals surface area contributed by atoms with E-state index in [1.165, 1.54) is 10.4 Å². The predicted molar refractivity (Wildman–Crippen MR) is 75.1 cm³/mol. The maximum absolute atomic E-state index is 6.02. The molecule has 0 atom stereocenters. The molecule has 0 radical (unpaired) electrons. The number of thiophene rings is 1. The molecular formula is C11H11Cl2N3S. The van der Waals surface area contributed by atoms with Crippen molar-refractivity contribution in [2.24, 2.45) is 0 Å². The Labute approximate surface area is 114 Å². The lowest BCUT2D eigenvalue weighted by Gasteiger charge is -2.08. The van der Waals surface area contributed by atoms with Crippen molar-refractivity contribution >= 4 is 46.2 Å². The van der Waals surface area contributed by atoms with Crippen molar-refractivity contribution in [3.63, 3.8) is 0 Å². The molecule has 90 valence electrons. The van der Waals surface area contributed by atoms with Crippen molar-refractivity contribution in [3.8, 4) is 0 Å². The second kappa shape index (κ2) is 5.12. The van der Waals surface area contributed by atoms with E-state index in [1.807, 2.05) is 0 Å². The fraction of sp³-hybridized carbons (Fsp3) is 0.182. The minimum absolute atomic E-state index is 0.279. The number of halogens is 2. The minimum Gasteiger partial charge on any atom is -0.382 e. The first-order valence-electron chi connectivity index (χ1n) is 4.96. The number of hydrogen-bond acceptors (Lipinski definition) is 4. The lowest BCUT2D eigenvalue weighted by Crippen LogP contribution is -2.03. The smallest absolute Gasteiger partial charge is 0.147 e. The van der Waals surface area contributed by atoms with E-state index in [2.05, 4.69) is 28.7 Å². The number of anilines is 2. The molecule has 17 heavy (non-hydrogen) atoms. The van der Waals surface area contributed by atoms with Gasteiger partial charge in [-0.2, -0.15) is 0 Å². The summed E-state index contributed by atoms with van der Waals surface area (Å²) < 4.78 is 0. The highest BCUT2D eigenvalue weighted by atomic mass is 35.5. The Balaban J connectivity index is 2.14. The molecule has 2 heterocycles. The van der Waals surface area contributed by atoms with Gasteiger partial charge in [0.2, 0.25) is 0 Å². The summed E-state index contributed by atoms with van der Waals surface area (Å²) in [5.41, 5.74) is 6.88. The molecular weight excluding hydrogens is 277 g/mol. The monoisotopic (exact) mass is 287 g/mol. The van der Waals surface area contributed by atoms with Gasteiger partial charge in [0.15, 0.2) is 0 Å². The number of nitrogens with one attached hydrogen (secondary N) is 1. The number of hydrogen-bond donors (Lipinski definition) is 2. The van der Waals surface area contributed by atoms with Gasteiger partial charge in [0.1, 0.15) is 11.6 Å². The van der Waals surface area contributed by atoms with Gasteiger partial charge >= 0.3 is 0 Å². The highest BCUT2D eigenvalue weighted by Crippen LogP contribution is 2.28. The van der Waals surface area contributed by atoms with Crippen molar-refractivity contribution in [1.82, 2.24) is 4.98 Å². The zero-order valence-electron chi connectivity index (χ0n) is 9.13. The molecule has 3 N–H and O–H groups in total. The molecule has 3 nitrogen and oxygen atoms in total. The van der Waals surface area contributed by atoms with Crippen LogP contribution in [-0.2, 0) is 6.54 Å². The molecule has 0 aromatic carbocycles. The maximum Gasteiger partial charge on any atom is 0.147 e. The predicted octanol–water partition coefficient (Wildman–Crippen LogP) is 3.95.